The molecule has 2 heterocycles. The molecule has 186 valence electrons. The van der Waals surface area contributed by atoms with Crippen molar-refractivity contribution in [3.8, 4) is 17.1 Å². The van der Waals surface area contributed by atoms with E-state index >= 15 is 0 Å². The number of aromatic nitrogens is 4. The van der Waals surface area contributed by atoms with E-state index in [0.717, 1.165) is 42.0 Å². The molecule has 0 fully saturated rings. The van der Waals surface area contributed by atoms with Crippen molar-refractivity contribution in [1.29, 1.82) is 0 Å². The van der Waals surface area contributed by atoms with E-state index in [-0.39, 0.29) is 11.7 Å². The molecule has 0 aliphatic rings. The van der Waals surface area contributed by atoms with E-state index in [4.69, 9.17) is 0 Å². The predicted molar refractivity (Wildman–Crippen MR) is 148 cm³/mol. The lowest BCUT2D eigenvalue weighted by molar-refractivity contribution is -0.113. The number of nitrogens with zero attached hydrogens (tertiary/aromatic N) is 4. The topological polar surface area (TPSA) is 72.7 Å². The number of nitrogens with one attached hydrogen (secondary N) is 1. The molecule has 2 aromatic carbocycles. The van der Waals surface area contributed by atoms with Crippen molar-refractivity contribution in [2.75, 3.05) is 11.1 Å². The van der Waals surface area contributed by atoms with Crippen LogP contribution in [0.2, 0.25) is 0 Å². The number of thioether (sulfide) groups is 1. The maximum Gasteiger partial charge on any atom is 0.234 e. The van der Waals surface area contributed by atoms with E-state index in [2.05, 4.69) is 83.1 Å². The number of rotatable bonds is 10. The van der Waals surface area contributed by atoms with Crippen molar-refractivity contribution in [2.45, 2.75) is 58.0 Å². The van der Waals surface area contributed by atoms with Gasteiger partial charge in [-0.1, -0.05) is 69.8 Å². The minimum atomic E-state index is -0.0757. The Hall–Kier alpha value is -3.45. The first-order valence-electron chi connectivity index (χ1n) is 12.5. The Bertz CT molecular complexity index is 1280. The highest BCUT2D eigenvalue weighted by Crippen LogP contribution is 2.32. The summed E-state index contributed by atoms with van der Waals surface area (Å²) in [6.45, 7) is 8.69. The number of anilines is 1. The SMILES string of the molecule is CCc1cccc(CC)c1-n1c(SCC(=O)Nc2ccc(C(C)CC)cc2)nnc1-c1cccnc1. The summed E-state index contributed by atoms with van der Waals surface area (Å²) in [5.41, 5.74) is 6.49. The summed E-state index contributed by atoms with van der Waals surface area (Å²) in [5, 5.41) is 12.7. The van der Waals surface area contributed by atoms with Gasteiger partial charge in [0.1, 0.15) is 0 Å². The first kappa shape index (κ1) is 25.6. The molecule has 0 aliphatic carbocycles. The fraction of sp³-hybridized carbons (Fsp3) is 0.310. The Labute approximate surface area is 217 Å². The smallest absolute Gasteiger partial charge is 0.234 e. The van der Waals surface area contributed by atoms with Gasteiger partial charge in [0.2, 0.25) is 5.91 Å². The van der Waals surface area contributed by atoms with E-state index in [1.807, 2.05) is 24.3 Å². The minimum absolute atomic E-state index is 0.0757. The zero-order valence-electron chi connectivity index (χ0n) is 21.4. The Morgan fingerprint density at radius 3 is 2.31 bits per heavy atom. The van der Waals surface area contributed by atoms with Gasteiger partial charge in [0, 0.05) is 23.6 Å². The average Bonchev–Trinajstić information content (AvgIpc) is 3.35. The number of hydrogen-bond acceptors (Lipinski definition) is 5. The molecule has 6 nitrogen and oxygen atoms in total. The van der Waals surface area contributed by atoms with Crippen molar-refractivity contribution >= 4 is 23.4 Å². The van der Waals surface area contributed by atoms with Crippen molar-refractivity contribution in [2.24, 2.45) is 0 Å². The van der Waals surface area contributed by atoms with Gasteiger partial charge in [-0.2, -0.15) is 0 Å². The van der Waals surface area contributed by atoms with Gasteiger partial charge in [-0.15, -0.1) is 10.2 Å². The van der Waals surface area contributed by atoms with Gasteiger partial charge < -0.3 is 5.32 Å². The molecule has 0 spiro atoms. The van der Waals surface area contributed by atoms with Gasteiger partial charge in [-0.3, -0.25) is 14.3 Å². The van der Waals surface area contributed by atoms with Gasteiger partial charge in [-0.05, 0) is 66.1 Å². The molecule has 0 aliphatic heterocycles. The number of aryl methyl sites for hydroxylation is 2. The van der Waals surface area contributed by atoms with Crippen LogP contribution in [-0.2, 0) is 17.6 Å². The van der Waals surface area contributed by atoms with Crippen LogP contribution >= 0.6 is 11.8 Å². The standard InChI is InChI=1S/C29H33N5OS/c1-5-20(4)23-13-15-25(16-14-23)31-26(35)19-36-29-33-32-28(24-12-9-17-30-18-24)34(29)27-21(6-2)10-8-11-22(27)7-3/h8-18,20H,5-7,19H2,1-4H3,(H,31,35). The highest BCUT2D eigenvalue weighted by atomic mass is 32.2. The zero-order chi connectivity index (χ0) is 25.5. The zero-order valence-corrected chi connectivity index (χ0v) is 22.2. The van der Waals surface area contributed by atoms with Crippen LogP contribution in [0.15, 0.2) is 72.1 Å². The van der Waals surface area contributed by atoms with Crippen molar-refractivity contribution in [3.05, 3.63) is 83.7 Å². The molecule has 7 heteroatoms. The van der Waals surface area contributed by atoms with Gasteiger partial charge >= 0.3 is 0 Å². The minimum Gasteiger partial charge on any atom is -0.325 e. The van der Waals surface area contributed by atoms with E-state index in [9.17, 15) is 4.79 Å². The number of amides is 1. The summed E-state index contributed by atoms with van der Waals surface area (Å²) in [4.78, 5) is 17.1. The summed E-state index contributed by atoms with van der Waals surface area (Å²) in [6.07, 6.45) is 6.39. The van der Waals surface area contributed by atoms with Crippen LogP contribution in [0.5, 0.6) is 0 Å². The fourth-order valence-electron chi connectivity index (χ4n) is 4.21. The van der Waals surface area contributed by atoms with Crippen LogP contribution in [0.25, 0.3) is 17.1 Å². The number of hydrogen-bond donors (Lipinski definition) is 1. The average molecular weight is 500 g/mol. The third-order valence-electron chi connectivity index (χ3n) is 6.45. The quantitative estimate of drug-likeness (QED) is 0.246. The van der Waals surface area contributed by atoms with E-state index in [1.165, 1.54) is 28.5 Å². The molecule has 4 rings (SSSR count). The molecule has 0 saturated heterocycles. The van der Waals surface area contributed by atoms with Crippen LogP contribution in [-0.4, -0.2) is 31.4 Å². The third-order valence-corrected chi connectivity index (χ3v) is 7.38. The summed E-state index contributed by atoms with van der Waals surface area (Å²) in [6, 6.07) is 18.4. The molecular weight excluding hydrogens is 466 g/mol. The monoisotopic (exact) mass is 499 g/mol. The van der Waals surface area contributed by atoms with Gasteiger partial charge in [0.05, 0.1) is 11.4 Å². The first-order valence-corrected chi connectivity index (χ1v) is 13.5. The van der Waals surface area contributed by atoms with Crippen molar-refractivity contribution in [3.63, 3.8) is 0 Å². The third kappa shape index (κ3) is 5.68. The largest absolute Gasteiger partial charge is 0.325 e. The lowest BCUT2D eigenvalue weighted by atomic mass is 9.99. The molecule has 36 heavy (non-hydrogen) atoms. The summed E-state index contributed by atoms with van der Waals surface area (Å²) < 4.78 is 2.09. The first-order chi connectivity index (χ1) is 17.5. The second kappa shape index (κ2) is 12.0. The molecule has 1 atom stereocenters. The van der Waals surface area contributed by atoms with Crippen LogP contribution < -0.4 is 5.32 Å². The molecule has 0 saturated carbocycles. The molecule has 1 unspecified atom stereocenters. The van der Waals surface area contributed by atoms with Crippen molar-refractivity contribution < 1.29 is 4.79 Å². The van der Waals surface area contributed by atoms with E-state index < -0.39 is 0 Å². The second-order valence-corrected chi connectivity index (χ2v) is 9.73. The van der Waals surface area contributed by atoms with E-state index in [0.29, 0.717) is 11.1 Å². The Balaban J connectivity index is 1.61. The van der Waals surface area contributed by atoms with Gasteiger partial charge in [-0.25, -0.2) is 0 Å². The Morgan fingerprint density at radius 2 is 1.69 bits per heavy atom. The lowest BCUT2D eigenvalue weighted by Gasteiger charge is -2.18. The molecule has 1 N–H and O–H groups in total. The molecule has 0 radical (unpaired) electrons. The van der Waals surface area contributed by atoms with Gasteiger partial charge in [0.25, 0.3) is 0 Å². The number of para-hydroxylation sites is 1. The van der Waals surface area contributed by atoms with E-state index in [1.54, 1.807) is 12.4 Å². The Morgan fingerprint density at radius 1 is 0.972 bits per heavy atom. The van der Waals surface area contributed by atoms with Crippen molar-refractivity contribution in [1.82, 2.24) is 19.7 Å². The number of carbonyl (C=O) groups excluding carboxylic acids is 1. The summed E-state index contributed by atoms with van der Waals surface area (Å²) in [5.74, 6) is 1.38. The fourth-order valence-corrected chi connectivity index (χ4v) is 4.94. The molecular formula is C29H33N5OS. The molecule has 0 bridgehead atoms. The highest BCUT2D eigenvalue weighted by Gasteiger charge is 2.21. The maximum atomic E-state index is 12.8. The normalized spacial score (nSPS) is 11.9. The van der Waals surface area contributed by atoms with Crippen LogP contribution in [0, 0.1) is 0 Å². The molecule has 2 aromatic heterocycles. The van der Waals surface area contributed by atoms with Gasteiger partial charge in [0.15, 0.2) is 11.0 Å². The molecule has 1 amide bonds. The van der Waals surface area contributed by atoms with Crippen LogP contribution in [0.3, 0.4) is 0 Å². The number of carbonyl (C=O) groups is 1. The summed E-state index contributed by atoms with van der Waals surface area (Å²) >= 11 is 1.39. The maximum absolute atomic E-state index is 12.8. The molecule has 4 aromatic rings. The van der Waals surface area contributed by atoms with Crippen LogP contribution in [0.1, 0.15) is 56.7 Å². The lowest BCUT2D eigenvalue weighted by Crippen LogP contribution is -2.15. The number of pyridine rings is 1. The Kier molecular flexibility index (Phi) is 8.54. The summed E-state index contributed by atoms with van der Waals surface area (Å²) in [7, 11) is 0. The highest BCUT2D eigenvalue weighted by molar-refractivity contribution is 7.99. The second-order valence-electron chi connectivity index (χ2n) is 8.78. The van der Waals surface area contributed by atoms with Crippen LogP contribution in [0.4, 0.5) is 5.69 Å². The number of benzene rings is 2. The predicted octanol–water partition coefficient (Wildman–Crippen LogP) is 6.70.